The molecule has 0 radical (unpaired) electrons. The van der Waals surface area contributed by atoms with Crippen LogP contribution in [0, 0.1) is 18.3 Å². The number of ketones is 1. The largest absolute Gasteiger partial charge is 0.419 e. The van der Waals surface area contributed by atoms with Gasteiger partial charge in [-0.1, -0.05) is 12.1 Å². The molecule has 116 valence electrons. The summed E-state index contributed by atoms with van der Waals surface area (Å²) >= 11 is 1.30. The normalized spacial score (nSPS) is 12.2. The Morgan fingerprint density at radius 3 is 2.96 bits per heavy atom. The molecule has 0 saturated heterocycles. The molecule has 3 aromatic rings. The third-order valence-electron chi connectivity index (χ3n) is 3.49. The van der Waals surface area contributed by atoms with Gasteiger partial charge in [0.05, 0.1) is 11.6 Å². The van der Waals surface area contributed by atoms with E-state index in [1.807, 2.05) is 13.0 Å². The van der Waals surface area contributed by atoms with Gasteiger partial charge in [0.1, 0.15) is 5.01 Å². The fourth-order valence-corrected chi connectivity index (χ4v) is 3.22. The van der Waals surface area contributed by atoms with Crippen molar-refractivity contribution in [1.29, 1.82) is 5.26 Å². The van der Waals surface area contributed by atoms with Crippen molar-refractivity contribution in [2.24, 2.45) is 0 Å². The average molecular weight is 327 g/mol. The average Bonchev–Trinajstić information content (AvgIpc) is 3.09. The first kappa shape index (κ1) is 15.2. The van der Waals surface area contributed by atoms with E-state index in [-0.39, 0.29) is 18.7 Å². The summed E-state index contributed by atoms with van der Waals surface area (Å²) in [7, 11) is 0. The second-order valence-corrected chi connectivity index (χ2v) is 5.98. The molecule has 1 unspecified atom stereocenters. The Kier molecular flexibility index (Phi) is 4.08. The Morgan fingerprint density at radius 2 is 2.26 bits per heavy atom. The number of aromatic nitrogens is 2. The summed E-state index contributed by atoms with van der Waals surface area (Å²) in [6.07, 6.45) is 0.0697. The monoisotopic (exact) mass is 327 g/mol. The van der Waals surface area contributed by atoms with Gasteiger partial charge in [0, 0.05) is 24.0 Å². The van der Waals surface area contributed by atoms with Crippen molar-refractivity contribution in [2.45, 2.75) is 25.8 Å². The van der Waals surface area contributed by atoms with Crippen LogP contribution in [-0.2, 0) is 11.3 Å². The summed E-state index contributed by atoms with van der Waals surface area (Å²) in [6, 6.07) is 9.03. The van der Waals surface area contributed by atoms with Crippen LogP contribution >= 0.6 is 11.3 Å². The van der Waals surface area contributed by atoms with E-state index in [2.05, 4.69) is 4.98 Å². The molecule has 0 fully saturated rings. The number of fused-ring (bicyclic) bond motifs is 1. The van der Waals surface area contributed by atoms with Crippen LogP contribution < -0.4 is 5.76 Å². The first-order chi connectivity index (χ1) is 11.1. The standard InChI is InChI=1S/C16H13N3O3S/c1-10-9-23-15(18-10)11(8-17)13(20)6-7-19-12-4-2-3-5-14(12)22-16(19)21/h2-5,9,11H,6-7H2,1H3. The number of thiazole rings is 1. The van der Waals surface area contributed by atoms with Gasteiger partial charge in [-0.3, -0.25) is 9.36 Å². The van der Waals surface area contributed by atoms with Crippen LogP contribution in [0.3, 0.4) is 0 Å². The summed E-state index contributed by atoms with van der Waals surface area (Å²) in [5.74, 6) is -1.64. The predicted octanol–water partition coefficient (Wildman–Crippen LogP) is 2.63. The highest BCUT2D eigenvalue weighted by Crippen LogP contribution is 2.22. The molecular formula is C16H13N3O3S. The number of nitriles is 1. The second kappa shape index (κ2) is 6.18. The number of benzene rings is 1. The molecule has 1 atom stereocenters. The zero-order valence-electron chi connectivity index (χ0n) is 12.4. The molecule has 0 amide bonds. The van der Waals surface area contributed by atoms with Gasteiger partial charge in [-0.05, 0) is 19.1 Å². The molecule has 2 heterocycles. The zero-order chi connectivity index (χ0) is 16.4. The molecule has 2 aromatic heterocycles. The first-order valence-corrected chi connectivity index (χ1v) is 7.91. The molecule has 6 nitrogen and oxygen atoms in total. The van der Waals surface area contributed by atoms with E-state index < -0.39 is 11.7 Å². The minimum atomic E-state index is -0.887. The Balaban J connectivity index is 1.79. The molecule has 0 aliphatic rings. The van der Waals surface area contributed by atoms with Crippen molar-refractivity contribution in [3.8, 4) is 6.07 Å². The summed E-state index contributed by atoms with van der Waals surface area (Å²) in [6.45, 7) is 1.99. The molecule has 0 saturated carbocycles. The predicted molar refractivity (Wildman–Crippen MR) is 85.3 cm³/mol. The Bertz CT molecular complexity index is 961. The second-order valence-electron chi connectivity index (χ2n) is 5.09. The summed E-state index contributed by atoms with van der Waals surface area (Å²) < 4.78 is 6.54. The lowest BCUT2D eigenvalue weighted by atomic mass is 10.0. The van der Waals surface area contributed by atoms with Gasteiger partial charge in [0.2, 0.25) is 0 Å². The Hall–Kier alpha value is -2.72. The highest BCUT2D eigenvalue weighted by molar-refractivity contribution is 7.09. The number of para-hydroxylation sites is 2. The van der Waals surface area contributed by atoms with Crippen molar-refractivity contribution in [3.05, 3.63) is 50.9 Å². The maximum absolute atomic E-state index is 12.3. The van der Waals surface area contributed by atoms with E-state index >= 15 is 0 Å². The van der Waals surface area contributed by atoms with Gasteiger partial charge in [-0.2, -0.15) is 5.26 Å². The SMILES string of the molecule is Cc1csc(C(C#N)C(=O)CCn2c(=O)oc3ccccc32)n1. The molecule has 1 aromatic carbocycles. The number of carbonyl (C=O) groups excluding carboxylic acids is 1. The number of oxazole rings is 1. The molecular weight excluding hydrogens is 314 g/mol. The van der Waals surface area contributed by atoms with E-state index in [4.69, 9.17) is 4.42 Å². The van der Waals surface area contributed by atoms with Crippen LogP contribution in [-0.4, -0.2) is 15.3 Å². The molecule has 0 aliphatic heterocycles. The maximum Gasteiger partial charge on any atom is 0.419 e. The molecule has 0 bridgehead atoms. The Labute approximate surface area is 135 Å². The lowest BCUT2D eigenvalue weighted by Crippen LogP contribution is -2.19. The van der Waals surface area contributed by atoms with Crippen molar-refractivity contribution < 1.29 is 9.21 Å². The van der Waals surface area contributed by atoms with Crippen molar-refractivity contribution in [1.82, 2.24) is 9.55 Å². The van der Waals surface area contributed by atoms with Crippen LogP contribution in [0.2, 0.25) is 0 Å². The highest BCUT2D eigenvalue weighted by Gasteiger charge is 2.23. The number of rotatable bonds is 5. The number of hydrogen-bond donors (Lipinski definition) is 0. The van der Waals surface area contributed by atoms with E-state index in [1.165, 1.54) is 15.9 Å². The topological polar surface area (TPSA) is 88.9 Å². The quantitative estimate of drug-likeness (QED) is 0.718. The smallest absolute Gasteiger partial charge is 0.408 e. The van der Waals surface area contributed by atoms with Gasteiger partial charge in [-0.25, -0.2) is 9.78 Å². The summed E-state index contributed by atoms with van der Waals surface area (Å²) in [5, 5.41) is 11.6. The lowest BCUT2D eigenvalue weighted by molar-refractivity contribution is -0.119. The van der Waals surface area contributed by atoms with E-state index in [0.29, 0.717) is 16.1 Å². The van der Waals surface area contributed by atoms with Crippen LogP contribution in [0.5, 0.6) is 0 Å². The summed E-state index contributed by atoms with van der Waals surface area (Å²) in [5.41, 5.74) is 1.91. The third kappa shape index (κ3) is 2.94. The molecule has 0 spiro atoms. The van der Waals surface area contributed by atoms with E-state index in [9.17, 15) is 14.9 Å². The molecule has 0 N–H and O–H groups in total. The first-order valence-electron chi connectivity index (χ1n) is 7.03. The number of carbonyl (C=O) groups is 1. The van der Waals surface area contributed by atoms with Crippen LogP contribution in [0.25, 0.3) is 11.1 Å². The van der Waals surface area contributed by atoms with Crippen molar-refractivity contribution >= 4 is 28.2 Å². The van der Waals surface area contributed by atoms with Crippen LogP contribution in [0.1, 0.15) is 23.0 Å². The van der Waals surface area contributed by atoms with Crippen LogP contribution in [0.15, 0.2) is 38.9 Å². The fraction of sp³-hybridized carbons (Fsp3) is 0.250. The number of nitrogens with zero attached hydrogens (tertiary/aromatic N) is 3. The third-order valence-corrected chi connectivity index (χ3v) is 4.52. The molecule has 3 rings (SSSR count). The van der Waals surface area contributed by atoms with Crippen molar-refractivity contribution in [2.75, 3.05) is 0 Å². The highest BCUT2D eigenvalue weighted by atomic mass is 32.1. The maximum atomic E-state index is 12.3. The van der Waals surface area contributed by atoms with Crippen molar-refractivity contribution in [3.63, 3.8) is 0 Å². The number of aryl methyl sites for hydroxylation is 2. The lowest BCUT2D eigenvalue weighted by Gasteiger charge is -2.05. The summed E-state index contributed by atoms with van der Waals surface area (Å²) in [4.78, 5) is 28.4. The van der Waals surface area contributed by atoms with Gasteiger partial charge < -0.3 is 4.42 Å². The number of Topliss-reactive ketones (excluding diaryl/α,β-unsaturated/α-hetero) is 1. The minimum absolute atomic E-state index is 0.0697. The van der Waals surface area contributed by atoms with Gasteiger partial charge in [-0.15, -0.1) is 11.3 Å². The zero-order valence-corrected chi connectivity index (χ0v) is 13.2. The van der Waals surface area contributed by atoms with E-state index in [1.54, 1.807) is 29.6 Å². The van der Waals surface area contributed by atoms with Gasteiger partial charge in [0.15, 0.2) is 17.3 Å². The van der Waals surface area contributed by atoms with Gasteiger partial charge >= 0.3 is 5.76 Å². The molecule has 7 heteroatoms. The number of hydrogen-bond acceptors (Lipinski definition) is 6. The molecule has 23 heavy (non-hydrogen) atoms. The van der Waals surface area contributed by atoms with Crippen LogP contribution in [0.4, 0.5) is 0 Å². The van der Waals surface area contributed by atoms with Gasteiger partial charge in [0.25, 0.3) is 0 Å². The van der Waals surface area contributed by atoms with E-state index in [0.717, 1.165) is 5.69 Å². The molecule has 0 aliphatic carbocycles. The fourth-order valence-electron chi connectivity index (χ4n) is 2.36. The Morgan fingerprint density at radius 1 is 1.48 bits per heavy atom. The minimum Gasteiger partial charge on any atom is -0.408 e.